The van der Waals surface area contributed by atoms with E-state index in [-0.39, 0.29) is 30.2 Å². The van der Waals surface area contributed by atoms with Crippen molar-refractivity contribution in [1.29, 1.82) is 0 Å². The molecular weight excluding hydrogens is 443 g/mol. The highest BCUT2D eigenvalue weighted by Gasteiger charge is 2.46. The lowest BCUT2D eigenvalue weighted by Crippen LogP contribution is -2.41. The molecule has 5 rings (SSSR count). The van der Waals surface area contributed by atoms with Gasteiger partial charge in [-0.1, -0.05) is 48.9 Å². The highest BCUT2D eigenvalue weighted by atomic mass is 19.1. The van der Waals surface area contributed by atoms with Crippen LogP contribution in [0.2, 0.25) is 0 Å². The van der Waals surface area contributed by atoms with Crippen LogP contribution < -0.4 is 15.6 Å². The number of aryl methyl sites for hydroxylation is 2. The van der Waals surface area contributed by atoms with Crippen molar-refractivity contribution < 1.29 is 14.0 Å². The van der Waals surface area contributed by atoms with Gasteiger partial charge < -0.3 is 10.2 Å². The summed E-state index contributed by atoms with van der Waals surface area (Å²) >= 11 is 0. The predicted octanol–water partition coefficient (Wildman–Crippen LogP) is 4.36. The monoisotopic (exact) mass is 472 g/mol. The van der Waals surface area contributed by atoms with E-state index < -0.39 is 5.92 Å². The Morgan fingerprint density at radius 3 is 2.69 bits per heavy atom. The maximum absolute atomic E-state index is 14.3. The number of rotatable bonds is 6. The zero-order chi connectivity index (χ0) is 24.5. The van der Waals surface area contributed by atoms with Crippen LogP contribution in [0.15, 0.2) is 66.7 Å². The number of nitrogens with zero attached hydrogens (tertiary/aromatic N) is 2. The summed E-state index contributed by atoms with van der Waals surface area (Å²) in [6.07, 6.45) is 0.869. The summed E-state index contributed by atoms with van der Waals surface area (Å²) in [5, 5.41) is 4.25. The normalized spacial score (nSPS) is 18.9. The molecule has 2 heterocycles. The van der Waals surface area contributed by atoms with E-state index >= 15 is 0 Å². The number of amides is 2. The molecule has 3 aromatic carbocycles. The van der Waals surface area contributed by atoms with Crippen molar-refractivity contribution in [2.24, 2.45) is 5.92 Å². The third-order valence-corrected chi connectivity index (χ3v) is 6.74. The van der Waals surface area contributed by atoms with E-state index in [1.165, 1.54) is 17.1 Å². The van der Waals surface area contributed by atoms with E-state index in [0.717, 1.165) is 34.4 Å². The van der Waals surface area contributed by atoms with Crippen molar-refractivity contribution in [3.63, 3.8) is 0 Å². The second kappa shape index (κ2) is 9.50. The average Bonchev–Trinajstić information content (AvgIpc) is 3.14. The number of fused-ring (bicyclic) bond motifs is 3. The highest BCUT2D eigenvalue weighted by Crippen LogP contribution is 2.42. The number of nitrogens with one attached hydrogen (secondary N) is 2. The minimum atomic E-state index is -0.412. The Kier molecular flexibility index (Phi) is 6.26. The van der Waals surface area contributed by atoms with Crippen LogP contribution in [0.3, 0.4) is 0 Å². The van der Waals surface area contributed by atoms with Crippen molar-refractivity contribution in [1.82, 2.24) is 10.4 Å². The maximum atomic E-state index is 14.3. The molecule has 2 aliphatic rings. The Labute approximate surface area is 204 Å². The molecular formula is C28H29FN4O2. The maximum Gasteiger partial charge on any atom is 0.245 e. The van der Waals surface area contributed by atoms with Crippen LogP contribution in [0.4, 0.5) is 15.8 Å². The second-order valence-electron chi connectivity index (χ2n) is 9.31. The predicted molar refractivity (Wildman–Crippen MR) is 134 cm³/mol. The van der Waals surface area contributed by atoms with Gasteiger partial charge in [0.1, 0.15) is 12.4 Å². The van der Waals surface area contributed by atoms with Gasteiger partial charge in [-0.15, -0.1) is 0 Å². The molecule has 180 valence electrons. The van der Waals surface area contributed by atoms with E-state index in [2.05, 4.69) is 34.7 Å². The summed E-state index contributed by atoms with van der Waals surface area (Å²) in [5.41, 5.74) is 8.94. The Bertz CT molecular complexity index is 1280. The van der Waals surface area contributed by atoms with Crippen LogP contribution in [-0.4, -0.2) is 29.9 Å². The van der Waals surface area contributed by atoms with E-state index in [9.17, 15) is 14.0 Å². The fourth-order valence-electron chi connectivity index (χ4n) is 5.05. The first-order valence-electron chi connectivity index (χ1n) is 12.0. The summed E-state index contributed by atoms with van der Waals surface area (Å²) in [7, 11) is 0. The van der Waals surface area contributed by atoms with Crippen molar-refractivity contribution in [2.75, 3.05) is 23.3 Å². The molecule has 2 amide bonds. The van der Waals surface area contributed by atoms with Gasteiger partial charge in [0.25, 0.3) is 0 Å². The molecule has 3 aromatic rings. The number of carbonyl (C=O) groups is 2. The van der Waals surface area contributed by atoms with E-state index in [4.69, 9.17) is 0 Å². The molecule has 2 atom stereocenters. The highest BCUT2D eigenvalue weighted by molar-refractivity contribution is 5.95. The quantitative estimate of drug-likeness (QED) is 0.560. The topological polar surface area (TPSA) is 64.7 Å². The summed E-state index contributed by atoms with van der Waals surface area (Å²) in [5.74, 6) is -1.20. The summed E-state index contributed by atoms with van der Waals surface area (Å²) < 4.78 is 14.3. The van der Waals surface area contributed by atoms with Gasteiger partial charge in [-0.25, -0.2) is 9.82 Å². The van der Waals surface area contributed by atoms with Gasteiger partial charge in [0.05, 0.1) is 12.0 Å². The molecule has 0 aliphatic carbocycles. The van der Waals surface area contributed by atoms with Crippen molar-refractivity contribution in [2.45, 2.75) is 32.9 Å². The van der Waals surface area contributed by atoms with Crippen LogP contribution in [0.5, 0.6) is 0 Å². The Hall–Kier alpha value is -3.71. The van der Waals surface area contributed by atoms with Crippen molar-refractivity contribution in [3.8, 4) is 0 Å². The number of carbonyl (C=O) groups excluding carboxylic acids is 2. The molecule has 0 spiro atoms. The number of hydrazine groups is 1. The minimum absolute atomic E-state index is 0.120. The van der Waals surface area contributed by atoms with Crippen LogP contribution >= 0.6 is 0 Å². The zero-order valence-corrected chi connectivity index (χ0v) is 19.9. The van der Waals surface area contributed by atoms with Gasteiger partial charge in [-0.05, 0) is 60.4 Å². The van der Waals surface area contributed by atoms with Gasteiger partial charge >= 0.3 is 0 Å². The molecule has 0 bridgehead atoms. The van der Waals surface area contributed by atoms with Crippen molar-refractivity contribution in [3.05, 3.63) is 94.8 Å². The van der Waals surface area contributed by atoms with E-state index in [1.54, 1.807) is 6.07 Å². The number of hydrogen-bond acceptors (Lipinski definition) is 4. The minimum Gasteiger partial charge on any atom is -0.366 e. The van der Waals surface area contributed by atoms with Gasteiger partial charge in [0, 0.05) is 24.5 Å². The Morgan fingerprint density at radius 1 is 1.09 bits per heavy atom. The molecule has 1 fully saturated rings. The lowest BCUT2D eigenvalue weighted by molar-refractivity contribution is -0.135. The van der Waals surface area contributed by atoms with E-state index in [1.807, 2.05) is 43.3 Å². The van der Waals surface area contributed by atoms with Gasteiger partial charge in [0.2, 0.25) is 11.8 Å². The molecule has 2 N–H and O–H groups in total. The molecule has 35 heavy (non-hydrogen) atoms. The van der Waals surface area contributed by atoms with Crippen LogP contribution in [0, 0.1) is 18.7 Å². The Morgan fingerprint density at radius 2 is 1.89 bits per heavy atom. The third-order valence-electron chi connectivity index (χ3n) is 6.74. The molecule has 0 radical (unpaired) electrons. The standard InChI is InChI=1S/C28H29FN4O2/c1-3-19-7-5-9-22(13-19)30-26(34)17-33-28(35)24-16-32(15-20-8-4-6-18(2)12-20)25-11-10-21(29)14-23(25)27(24)31-33/h4-14,24,27,31H,3,15-17H2,1-2H3,(H,30,34). The number of hydrogen-bond donors (Lipinski definition) is 2. The fourth-order valence-corrected chi connectivity index (χ4v) is 5.05. The first-order chi connectivity index (χ1) is 16.9. The molecule has 0 saturated carbocycles. The Balaban J connectivity index is 1.35. The average molecular weight is 473 g/mol. The van der Waals surface area contributed by atoms with Gasteiger partial charge in [-0.3, -0.25) is 14.6 Å². The lowest BCUT2D eigenvalue weighted by atomic mass is 9.87. The summed E-state index contributed by atoms with van der Waals surface area (Å²) in [6, 6.07) is 20.3. The molecule has 1 saturated heterocycles. The molecule has 2 aliphatic heterocycles. The van der Waals surface area contributed by atoms with Crippen LogP contribution in [0.25, 0.3) is 0 Å². The lowest BCUT2D eigenvalue weighted by Gasteiger charge is -2.36. The van der Waals surface area contributed by atoms with Gasteiger partial charge in [0.15, 0.2) is 0 Å². The number of benzene rings is 3. The molecule has 2 unspecified atom stereocenters. The largest absolute Gasteiger partial charge is 0.366 e. The molecule has 0 aromatic heterocycles. The number of anilines is 2. The van der Waals surface area contributed by atoms with Crippen LogP contribution in [0.1, 0.15) is 35.2 Å². The third kappa shape index (κ3) is 4.77. The first kappa shape index (κ1) is 23.1. The number of halogens is 1. The van der Waals surface area contributed by atoms with Gasteiger partial charge in [-0.2, -0.15) is 0 Å². The van der Waals surface area contributed by atoms with Crippen LogP contribution in [-0.2, 0) is 22.6 Å². The van der Waals surface area contributed by atoms with Crippen molar-refractivity contribution >= 4 is 23.2 Å². The zero-order valence-electron chi connectivity index (χ0n) is 19.9. The molecule has 6 nitrogen and oxygen atoms in total. The summed E-state index contributed by atoms with van der Waals surface area (Å²) in [6.45, 7) is 5.08. The first-order valence-corrected chi connectivity index (χ1v) is 12.0. The SMILES string of the molecule is CCc1cccc(NC(=O)CN2NC3c4cc(F)ccc4N(Cc4cccc(C)c4)CC3C2=O)c1. The second-order valence-corrected chi connectivity index (χ2v) is 9.31. The fraction of sp³-hybridized carbons (Fsp3) is 0.286. The summed E-state index contributed by atoms with van der Waals surface area (Å²) in [4.78, 5) is 28.2. The molecule has 7 heteroatoms. The van der Waals surface area contributed by atoms with E-state index in [0.29, 0.717) is 18.8 Å². The smallest absolute Gasteiger partial charge is 0.245 e.